The Balaban J connectivity index is 4.48. The Morgan fingerprint density at radius 1 is 1.14 bits per heavy atom. The molecule has 5 nitrogen and oxygen atoms in total. The van der Waals surface area contributed by atoms with Gasteiger partial charge in [0.05, 0.1) is 19.8 Å². The lowest BCUT2D eigenvalue weighted by Gasteiger charge is -2.42. The van der Waals surface area contributed by atoms with Crippen molar-refractivity contribution < 1.29 is 14.0 Å². The van der Waals surface area contributed by atoms with Crippen molar-refractivity contribution in [1.29, 1.82) is 0 Å². The average molecular weight is 395 g/mol. The van der Waals surface area contributed by atoms with E-state index in [1.165, 1.54) is 0 Å². The van der Waals surface area contributed by atoms with Gasteiger partial charge in [-0.2, -0.15) is 5.10 Å². The van der Waals surface area contributed by atoms with Crippen LogP contribution in [0, 0.1) is 0 Å². The van der Waals surface area contributed by atoms with Crippen LogP contribution in [0.5, 0.6) is 0 Å². The van der Waals surface area contributed by atoms with Crippen LogP contribution in [0.3, 0.4) is 0 Å². The van der Waals surface area contributed by atoms with Crippen molar-refractivity contribution in [1.82, 2.24) is 5.43 Å². The fourth-order valence-electron chi connectivity index (χ4n) is 3.14. The smallest absolute Gasteiger partial charge is 0.366 e. The van der Waals surface area contributed by atoms with Gasteiger partial charge in [-0.25, -0.2) is 4.79 Å². The maximum Gasteiger partial charge on any atom is 0.366 e. The van der Waals surface area contributed by atoms with E-state index in [9.17, 15) is 4.79 Å². The van der Waals surface area contributed by atoms with Crippen LogP contribution >= 0.6 is 15.9 Å². The van der Waals surface area contributed by atoms with Crippen molar-refractivity contribution in [2.75, 3.05) is 19.8 Å². The molecule has 130 valence electrons. The topological polar surface area (TPSA) is 59.9 Å². The average Bonchev–Trinajstić information content (AvgIpc) is 2.41. The lowest BCUT2D eigenvalue weighted by molar-refractivity contribution is -0.134. The van der Waals surface area contributed by atoms with Crippen LogP contribution in [-0.4, -0.2) is 38.7 Å². The summed E-state index contributed by atoms with van der Waals surface area (Å²) in [5.74, 6) is -0.466. The van der Waals surface area contributed by atoms with Gasteiger partial charge in [-0.05, 0) is 39.5 Å². The van der Waals surface area contributed by atoms with Gasteiger partial charge >= 0.3 is 5.97 Å². The fourth-order valence-corrected chi connectivity index (χ4v) is 8.83. The predicted molar refractivity (Wildman–Crippen MR) is 98.0 cm³/mol. The number of nitrogens with one attached hydrogen (secondary N) is 1. The van der Waals surface area contributed by atoms with Crippen LogP contribution in [0.1, 0.15) is 48.5 Å². The molecule has 0 radical (unpaired) electrons. The molecule has 7 heteroatoms. The number of carbonyl (C=O) groups excluding carboxylic acids is 1. The Bertz CT molecular complexity index is 352. The minimum Gasteiger partial charge on any atom is -0.461 e. The summed E-state index contributed by atoms with van der Waals surface area (Å²) in [5.41, 5.74) is 4.52. The monoisotopic (exact) mass is 394 g/mol. The predicted octanol–water partition coefficient (Wildman–Crippen LogP) is 4.04. The highest BCUT2D eigenvalue weighted by atomic mass is 79.9. The molecule has 0 aromatic carbocycles. The second kappa shape index (κ2) is 10.4. The highest BCUT2D eigenvalue weighted by molar-refractivity contribution is 9.19. The van der Waals surface area contributed by atoms with E-state index in [0.717, 1.165) is 0 Å². The molecular weight excluding hydrogens is 364 g/mol. The maximum absolute atomic E-state index is 11.4. The zero-order chi connectivity index (χ0) is 17.3. The first-order valence-electron chi connectivity index (χ1n) is 7.97. The van der Waals surface area contributed by atoms with Crippen molar-refractivity contribution >= 4 is 34.8 Å². The van der Waals surface area contributed by atoms with E-state index < -0.39 is 14.3 Å². The Kier molecular flexibility index (Phi) is 10.2. The first-order valence-corrected chi connectivity index (χ1v) is 10.9. The van der Waals surface area contributed by atoms with Gasteiger partial charge < -0.3 is 14.6 Å². The van der Waals surface area contributed by atoms with E-state index in [1.807, 2.05) is 0 Å². The molecule has 1 N–H and O–H groups in total. The Labute approximate surface area is 144 Å². The molecule has 0 aromatic heterocycles. The number of carbonyl (C=O) groups is 1. The normalized spacial score (nSPS) is 13.1. The fraction of sp³-hybridized carbons (Fsp3) is 0.867. The molecule has 0 fully saturated rings. The quantitative estimate of drug-likeness (QED) is 0.199. The SMILES string of the molecule is CCOC(=O)/C(Br)=N/NCCO[Si](C(C)C)(C(C)C)C(C)C. The van der Waals surface area contributed by atoms with Crippen LogP contribution in [0.2, 0.25) is 16.6 Å². The molecule has 0 aromatic rings. The number of esters is 1. The lowest BCUT2D eigenvalue weighted by atomic mass is 10.5. The molecule has 0 aliphatic rings. The largest absolute Gasteiger partial charge is 0.461 e. The molecule has 0 aliphatic carbocycles. The Morgan fingerprint density at radius 3 is 2.05 bits per heavy atom. The van der Waals surface area contributed by atoms with Crippen LogP contribution in [0.15, 0.2) is 5.10 Å². The number of hydrogen-bond acceptors (Lipinski definition) is 5. The van der Waals surface area contributed by atoms with Gasteiger partial charge in [0.1, 0.15) is 0 Å². The first-order chi connectivity index (χ1) is 10.2. The third kappa shape index (κ3) is 6.00. The first kappa shape index (κ1) is 21.6. The number of hydrazone groups is 1. The molecule has 0 heterocycles. The van der Waals surface area contributed by atoms with Gasteiger partial charge in [0, 0.05) is 0 Å². The standard InChI is InChI=1S/C15H31BrN2O3Si/c1-8-20-15(19)14(16)18-17-9-10-21-22(11(2)3,12(4)5)13(6)7/h11-13,17H,8-10H2,1-7H3/b18-14-. The van der Waals surface area contributed by atoms with E-state index in [4.69, 9.17) is 9.16 Å². The highest BCUT2D eigenvalue weighted by Crippen LogP contribution is 2.41. The number of ether oxygens (including phenoxy) is 1. The summed E-state index contributed by atoms with van der Waals surface area (Å²) in [6.07, 6.45) is 0. The molecule has 0 amide bonds. The van der Waals surface area contributed by atoms with Crippen molar-refractivity contribution in [3.63, 3.8) is 0 Å². The minimum atomic E-state index is -1.83. The van der Waals surface area contributed by atoms with Crippen molar-refractivity contribution in [2.24, 2.45) is 5.10 Å². The van der Waals surface area contributed by atoms with Crippen LogP contribution in [0.25, 0.3) is 0 Å². The number of hydrogen-bond donors (Lipinski definition) is 1. The zero-order valence-corrected chi connectivity index (χ0v) is 17.5. The summed E-state index contributed by atoms with van der Waals surface area (Å²) in [5, 5.41) is 3.94. The van der Waals surface area contributed by atoms with Crippen LogP contribution in [0.4, 0.5) is 0 Å². The molecule has 0 saturated heterocycles. The van der Waals surface area contributed by atoms with E-state index in [0.29, 0.717) is 36.4 Å². The summed E-state index contributed by atoms with van der Waals surface area (Å²) in [4.78, 5) is 11.4. The van der Waals surface area contributed by atoms with E-state index in [-0.39, 0.29) is 4.62 Å². The Hall–Kier alpha value is -0.403. The molecule has 0 bridgehead atoms. The number of halogens is 1. The van der Waals surface area contributed by atoms with E-state index in [2.05, 4.69) is 68.0 Å². The summed E-state index contributed by atoms with van der Waals surface area (Å²) in [6, 6.07) is 0. The summed E-state index contributed by atoms with van der Waals surface area (Å²) in [7, 11) is -1.83. The summed E-state index contributed by atoms with van der Waals surface area (Å²) >= 11 is 3.09. The van der Waals surface area contributed by atoms with Gasteiger partial charge in [0.15, 0.2) is 8.32 Å². The van der Waals surface area contributed by atoms with Crippen molar-refractivity contribution in [3.8, 4) is 0 Å². The molecule has 0 saturated carbocycles. The maximum atomic E-state index is 11.4. The molecule has 0 aliphatic heterocycles. The second-order valence-corrected chi connectivity index (χ2v) is 12.4. The zero-order valence-electron chi connectivity index (χ0n) is 14.9. The van der Waals surface area contributed by atoms with Gasteiger partial charge in [0.2, 0.25) is 4.62 Å². The third-order valence-corrected chi connectivity index (χ3v) is 10.5. The van der Waals surface area contributed by atoms with Gasteiger partial charge in [-0.1, -0.05) is 41.5 Å². The molecule has 0 unspecified atom stereocenters. The van der Waals surface area contributed by atoms with E-state index in [1.54, 1.807) is 6.92 Å². The summed E-state index contributed by atoms with van der Waals surface area (Å²) < 4.78 is 11.4. The lowest BCUT2D eigenvalue weighted by Crippen LogP contribution is -2.48. The van der Waals surface area contributed by atoms with Crippen LogP contribution < -0.4 is 5.43 Å². The highest BCUT2D eigenvalue weighted by Gasteiger charge is 2.44. The molecule has 0 atom stereocenters. The third-order valence-electron chi connectivity index (χ3n) is 3.89. The molecule has 0 rings (SSSR count). The number of rotatable bonds is 10. The molecular formula is C15H31BrN2O3Si. The van der Waals surface area contributed by atoms with Crippen molar-refractivity contribution in [3.05, 3.63) is 0 Å². The number of nitrogens with zero attached hydrogens (tertiary/aromatic N) is 1. The second-order valence-electron chi connectivity index (χ2n) is 6.20. The van der Waals surface area contributed by atoms with Crippen LogP contribution in [-0.2, 0) is 14.0 Å². The van der Waals surface area contributed by atoms with E-state index >= 15 is 0 Å². The minimum absolute atomic E-state index is 0.148. The van der Waals surface area contributed by atoms with Gasteiger partial charge in [-0.15, -0.1) is 0 Å². The summed E-state index contributed by atoms with van der Waals surface area (Å²) in [6.45, 7) is 16.8. The van der Waals surface area contributed by atoms with Gasteiger partial charge in [-0.3, -0.25) is 0 Å². The molecule has 22 heavy (non-hydrogen) atoms. The van der Waals surface area contributed by atoms with Crippen molar-refractivity contribution in [2.45, 2.75) is 65.1 Å². The Morgan fingerprint density at radius 2 is 1.64 bits per heavy atom. The molecule has 0 spiro atoms. The van der Waals surface area contributed by atoms with Gasteiger partial charge in [0.25, 0.3) is 0 Å².